The molecule has 0 amide bonds. The predicted molar refractivity (Wildman–Crippen MR) is 523 cm³/mol. The second-order valence-corrected chi connectivity index (χ2v) is 35.0. The van der Waals surface area contributed by atoms with Crippen molar-refractivity contribution in [1.82, 2.24) is 90.0 Å². The number of rotatable bonds is 0. The van der Waals surface area contributed by atoms with Gasteiger partial charge in [-0.3, -0.25) is 19.3 Å². The van der Waals surface area contributed by atoms with Crippen LogP contribution in [-0.4, -0.2) is 90.0 Å². The number of anilines is 3. The Balaban J connectivity index is 0.000000711. The molecule has 16 heterocycles. The lowest BCUT2D eigenvalue weighted by atomic mass is 10.2. The van der Waals surface area contributed by atoms with E-state index in [0.717, 1.165) is 101 Å². The van der Waals surface area contributed by atoms with Crippen molar-refractivity contribution in [3.05, 3.63) is 308 Å². The predicted octanol–water partition coefficient (Wildman–Crippen LogP) is 25.6. The average Bonchev–Trinajstić information content (AvgIpc) is 1.62. The number of hydrogen-bond donors (Lipinski definition) is 3. The maximum atomic E-state index is 12.2. The van der Waals surface area contributed by atoms with Crippen LogP contribution in [-0.2, 0) is 33.5 Å². The van der Waals surface area contributed by atoms with Gasteiger partial charge in [0.05, 0.1) is 44.0 Å². The monoisotopic (exact) mass is 1920 g/mol. The normalized spacial score (nSPS) is 10.0. The molecule has 37 heteroatoms. The number of nitrogens with two attached hydrogens (primary N) is 3. The van der Waals surface area contributed by atoms with Gasteiger partial charge in [-0.25, -0.2) is 24.9 Å². The van der Waals surface area contributed by atoms with E-state index in [0.29, 0.717) is 23.3 Å². The van der Waals surface area contributed by atoms with Gasteiger partial charge in [0, 0.05) is 146 Å². The molecule has 0 unspecified atom stereocenters. The van der Waals surface area contributed by atoms with Crippen molar-refractivity contribution in [3.63, 3.8) is 0 Å². The molecule has 0 aromatic carbocycles. The van der Waals surface area contributed by atoms with E-state index in [2.05, 4.69) is 186 Å². The van der Waals surface area contributed by atoms with Crippen LogP contribution in [0.15, 0.2) is 131 Å². The fourth-order valence-electron chi connectivity index (χ4n) is 9.49. The molecule has 133 heavy (non-hydrogen) atoms. The van der Waals surface area contributed by atoms with E-state index in [-0.39, 0.29) is 16.9 Å². The largest absolute Gasteiger partial charge is 0.437 e. The van der Waals surface area contributed by atoms with Crippen LogP contribution in [0.5, 0.6) is 0 Å². The second kappa shape index (κ2) is 58.6. The lowest BCUT2D eigenvalue weighted by Crippen LogP contribution is -2.08. The van der Waals surface area contributed by atoms with E-state index in [1.54, 1.807) is 65.7 Å². The molecule has 6 N–H and O–H groups in total. The zero-order valence-corrected chi connectivity index (χ0v) is 87.1. The first-order chi connectivity index (χ1) is 61.8. The van der Waals surface area contributed by atoms with Gasteiger partial charge in [-0.05, 0) is 311 Å². The van der Waals surface area contributed by atoms with Crippen molar-refractivity contribution in [2.24, 2.45) is 21.1 Å². The summed E-state index contributed by atoms with van der Waals surface area (Å²) in [5.74, 6) is 5.01. The summed E-state index contributed by atoms with van der Waals surface area (Å²) in [6.07, 6.45) is 3.44. The molecule has 0 aliphatic heterocycles. The number of thiophene rings is 2. The average molecular weight is 1920 g/mol. The summed E-state index contributed by atoms with van der Waals surface area (Å²) in [4.78, 5) is 32.2. The smallest absolute Gasteiger partial charge is 0.381 e. The fourth-order valence-corrected chi connectivity index (χ4v) is 11.8. The van der Waals surface area contributed by atoms with E-state index in [1.807, 2.05) is 207 Å². The molecule has 0 aliphatic rings. The Morgan fingerprint density at radius 1 is 0.376 bits per heavy atom. The highest BCUT2D eigenvalue weighted by molar-refractivity contribution is 7.16. The van der Waals surface area contributed by atoms with E-state index >= 15 is 0 Å². The molecule has 0 saturated carbocycles. The molecule has 0 atom stereocenters. The minimum absolute atomic E-state index is 0.0532. The number of pyridine rings is 2. The Bertz CT molecular complexity index is 5520. The Hall–Kier alpha value is -12.3. The zero-order valence-electron chi connectivity index (χ0n) is 83.9. The Labute approximate surface area is 796 Å². The number of halogens is 7. The molecule has 0 spiro atoms. The van der Waals surface area contributed by atoms with Gasteiger partial charge in [-0.2, -0.15) is 36.5 Å². The van der Waals surface area contributed by atoms with Gasteiger partial charge in [0.25, 0.3) is 0 Å². The quantitative estimate of drug-likeness (QED) is 0.119. The van der Waals surface area contributed by atoms with Crippen LogP contribution >= 0.6 is 45.6 Å². The topological polar surface area (TPSA) is 365 Å². The summed E-state index contributed by atoms with van der Waals surface area (Å²) in [6.45, 7) is 65.6. The Morgan fingerprint density at radius 3 is 1.05 bits per heavy atom. The van der Waals surface area contributed by atoms with Crippen LogP contribution in [0.25, 0.3) is 0 Å². The summed E-state index contributed by atoms with van der Waals surface area (Å²) in [5, 5.41) is 31.8. The van der Waals surface area contributed by atoms with Gasteiger partial charge < -0.3 is 48.9 Å². The molecule has 726 valence electrons. The third kappa shape index (κ3) is 44.2. The van der Waals surface area contributed by atoms with Crippen LogP contribution in [0.3, 0.4) is 0 Å². The lowest BCUT2D eigenvalue weighted by molar-refractivity contribution is -0.143. The second-order valence-electron chi connectivity index (χ2n) is 30.6. The number of alkyl halides is 6. The van der Waals surface area contributed by atoms with Gasteiger partial charge in [0.15, 0.2) is 17.2 Å². The Morgan fingerprint density at radius 2 is 0.872 bits per heavy atom. The van der Waals surface area contributed by atoms with Crippen molar-refractivity contribution in [2.45, 2.75) is 248 Å². The third-order valence-corrected chi connectivity index (χ3v) is 23.1. The van der Waals surface area contributed by atoms with Gasteiger partial charge in [0.2, 0.25) is 11.8 Å². The molecule has 27 nitrogen and oxygen atoms in total. The molecule has 0 saturated heterocycles. The molecular formula is C96H134ClF6N21O6S3. The van der Waals surface area contributed by atoms with Crippen molar-refractivity contribution < 1.29 is 53.5 Å². The third-order valence-electron chi connectivity index (χ3n) is 20.2. The highest BCUT2D eigenvalue weighted by Crippen LogP contribution is 2.33. The van der Waals surface area contributed by atoms with Gasteiger partial charge in [0.1, 0.15) is 35.2 Å². The maximum Gasteiger partial charge on any atom is 0.437 e. The van der Waals surface area contributed by atoms with Gasteiger partial charge >= 0.3 is 12.4 Å². The number of nitrogen functional groups attached to an aromatic ring is 3. The van der Waals surface area contributed by atoms with E-state index < -0.39 is 23.7 Å². The minimum atomic E-state index is -4.40. The van der Waals surface area contributed by atoms with Crippen LogP contribution < -0.4 is 17.2 Å². The van der Waals surface area contributed by atoms with Crippen molar-refractivity contribution >= 4 is 63.2 Å². The SMILES string of the molecule is Cc1c(C(F)(F)F)nn(C)c1C.Cc1cc(C)n(C)c1C.Cc1ccc(Cl)s1.Cc1cccnc1.Cc1cccnc1C.Cc1cccs1.Cc1cncnc1.Cc1cnoc1C.Cc1nc(C)c(C)c(C)n1.Cc1nc(C)c(C)s1.Cc1nn(C)c(C)c1C.Cc1noc(C)c1C.Cc1noc(N)c1C.Cc1noc(N)c1C.Cc1onc(C(F)(F)F)c1C.Cc1onc(N)c1C. The zero-order chi connectivity index (χ0) is 102. The molecule has 16 aromatic rings. The lowest BCUT2D eigenvalue weighted by Gasteiger charge is -2.02. The molecule has 0 fully saturated rings. The highest BCUT2D eigenvalue weighted by Gasteiger charge is 2.38. The molecule has 16 rings (SSSR count). The molecule has 0 aliphatic carbocycles. The number of aromatic nitrogens is 18. The minimum Gasteiger partial charge on any atom is -0.381 e. The summed E-state index contributed by atoms with van der Waals surface area (Å²) >= 11 is 10.7. The van der Waals surface area contributed by atoms with E-state index in [1.165, 1.54) is 109 Å². The van der Waals surface area contributed by atoms with E-state index in [9.17, 15) is 26.3 Å². The highest BCUT2D eigenvalue weighted by atomic mass is 35.5. The first-order valence-electron chi connectivity index (χ1n) is 41.6. The van der Waals surface area contributed by atoms with Crippen LogP contribution in [0, 0.1) is 235 Å². The van der Waals surface area contributed by atoms with Gasteiger partial charge in [-0.1, -0.05) is 60.7 Å². The number of nitrogens with zero attached hydrogens (tertiary/aromatic N) is 18. The Kier molecular flexibility index (Phi) is 52.3. The maximum absolute atomic E-state index is 12.2. The molecule has 0 radical (unpaired) electrons. The van der Waals surface area contributed by atoms with Gasteiger partial charge in [-0.15, -0.1) is 34.0 Å². The number of hydrogen-bond acceptors (Lipinski definition) is 27. The van der Waals surface area contributed by atoms with Crippen LogP contribution in [0.2, 0.25) is 4.34 Å². The number of thiazole rings is 1. The molecular weight excluding hydrogens is 1790 g/mol. The summed E-state index contributed by atoms with van der Waals surface area (Å²) in [6, 6.07) is 18.2. The first kappa shape index (κ1) is 119. The summed E-state index contributed by atoms with van der Waals surface area (Å²) in [7, 11) is 5.56. The number of aryl methyl sites for hydroxylation is 25. The summed E-state index contributed by atoms with van der Waals surface area (Å²) in [5.41, 5.74) is 39.8. The molecule has 16 aromatic heterocycles. The van der Waals surface area contributed by atoms with Crippen molar-refractivity contribution in [2.75, 3.05) is 17.2 Å². The molecule has 0 bridgehead atoms. The van der Waals surface area contributed by atoms with Crippen LogP contribution in [0.1, 0.15) is 201 Å². The standard InChI is InChI=1S/C8H12N2.C8H13N.C7H9F3N2.C7H12N2.C7H9N.C6H6F3NO.C6H9NO.C6H9NS.C6H7N.C5H5ClS.3C5H8N2O.C5H6N2.C5H7NO.C5H6S/c1-5-6(2)9-8(4)10-7(5)3;1-6-5-7(2)9(4)8(6)3;1-4-5(2)12(3)11-6(4)7(8,9)10;1-5-6(2)8-9(4)7(5)3;1-6-4-3-5-8-7(6)2;1-3-4(2)11-10-5(3)6(7,8)9;1-4-5(2)7-8-6(4)3;1-4-5(2)8-6(3)7-4;1-6-3-2-4-7-5-6;1-4-2-3-5(6)7-4;1-3-4(2)8-7-5(3)6;2*1-3-4(2)7-8-5(3)6;1-5-2-6-4-7-3-5;1-4-3-6-7-5(4)2;1-5-3-2-4-6-5/h1-4H3;5H,1-4H3;1-3H3;1-4H3;3-5H,1-2H3;1-2H3;2*1-3H3;2-5H,1H3;2-3H,1H3;1-2H3,(H2,6,7);2*6H2,1-2H3;2-4H,1H3;3H,1-2H3;2-4H,1H3. The fraction of sp³-hybridized carbons (Fsp3) is 0.406. The summed E-state index contributed by atoms with van der Waals surface area (Å²) < 4.78 is 106. The first-order valence-corrected chi connectivity index (χ1v) is 44.5. The van der Waals surface area contributed by atoms with E-state index in [4.69, 9.17) is 42.4 Å². The van der Waals surface area contributed by atoms with Crippen molar-refractivity contribution in [1.29, 1.82) is 0 Å². The van der Waals surface area contributed by atoms with Crippen molar-refractivity contribution in [3.8, 4) is 0 Å². The van der Waals surface area contributed by atoms with Crippen LogP contribution in [0.4, 0.5) is 43.9 Å².